The third-order valence-corrected chi connectivity index (χ3v) is 3.73. The average Bonchev–Trinajstić information content (AvgIpc) is 3.30. The Balaban J connectivity index is 1.88. The minimum atomic E-state index is -0.778. The molecule has 0 amide bonds. The summed E-state index contributed by atoms with van der Waals surface area (Å²) in [5, 5.41) is 11.2. The maximum atomic E-state index is 10.6. The molecule has 0 saturated heterocycles. The van der Waals surface area contributed by atoms with Crippen molar-refractivity contribution in [2.24, 2.45) is 0 Å². The quantitative estimate of drug-likeness (QED) is 0.908. The Bertz CT molecular complexity index is 638. The second-order valence-corrected chi connectivity index (χ2v) is 5.61. The number of hydrogen-bond donors (Lipinski definition) is 1. The molecular weight excluding hydrogens is 288 g/mol. The van der Waals surface area contributed by atoms with Gasteiger partial charge in [-0.25, -0.2) is 0 Å². The van der Waals surface area contributed by atoms with Gasteiger partial charge in [0.15, 0.2) is 0 Å². The molecule has 1 fully saturated rings. The summed E-state index contributed by atoms with van der Waals surface area (Å²) < 4.78 is 11.1. The van der Waals surface area contributed by atoms with E-state index in [1.54, 1.807) is 25.3 Å². The zero-order valence-corrected chi connectivity index (χ0v) is 12.5. The average molecular weight is 305 g/mol. The maximum Gasteiger partial charge on any atom is 0.126 e. The minimum Gasteiger partial charge on any atom is -0.496 e. The Morgan fingerprint density at radius 2 is 2.00 bits per heavy atom. The van der Waals surface area contributed by atoms with Crippen molar-refractivity contribution < 1.29 is 14.6 Å². The van der Waals surface area contributed by atoms with E-state index in [9.17, 15) is 5.11 Å². The zero-order chi connectivity index (χ0) is 14.8. The van der Waals surface area contributed by atoms with Crippen LogP contribution in [0.15, 0.2) is 42.5 Å². The van der Waals surface area contributed by atoms with Crippen molar-refractivity contribution in [1.82, 2.24) is 0 Å². The summed E-state index contributed by atoms with van der Waals surface area (Å²) >= 11 is 5.95. The van der Waals surface area contributed by atoms with Crippen LogP contribution in [0, 0.1) is 0 Å². The van der Waals surface area contributed by atoms with Crippen molar-refractivity contribution in [2.45, 2.75) is 25.0 Å². The van der Waals surface area contributed by atoms with E-state index in [4.69, 9.17) is 21.1 Å². The number of benzene rings is 2. The van der Waals surface area contributed by atoms with Crippen molar-refractivity contribution in [2.75, 3.05) is 7.11 Å². The fraction of sp³-hybridized carbons (Fsp3) is 0.294. The number of hydrogen-bond acceptors (Lipinski definition) is 3. The summed E-state index contributed by atoms with van der Waals surface area (Å²) in [5.41, 5.74) is 1.46. The molecule has 21 heavy (non-hydrogen) atoms. The lowest BCUT2D eigenvalue weighted by atomic mass is 10.0. The molecule has 3 rings (SSSR count). The monoisotopic (exact) mass is 304 g/mol. The first-order valence-corrected chi connectivity index (χ1v) is 7.33. The van der Waals surface area contributed by atoms with Crippen LogP contribution in [0.5, 0.6) is 11.5 Å². The highest BCUT2D eigenvalue weighted by Gasteiger charge is 2.24. The van der Waals surface area contributed by atoms with Crippen LogP contribution in [0.3, 0.4) is 0 Å². The molecule has 2 aromatic carbocycles. The maximum absolute atomic E-state index is 10.6. The van der Waals surface area contributed by atoms with Gasteiger partial charge >= 0.3 is 0 Å². The van der Waals surface area contributed by atoms with Gasteiger partial charge in [0.05, 0.1) is 13.2 Å². The van der Waals surface area contributed by atoms with Gasteiger partial charge in [-0.1, -0.05) is 29.8 Å². The van der Waals surface area contributed by atoms with E-state index in [1.165, 1.54) is 0 Å². The van der Waals surface area contributed by atoms with Crippen LogP contribution in [0.4, 0.5) is 0 Å². The topological polar surface area (TPSA) is 38.7 Å². The molecule has 4 heteroatoms. The summed E-state index contributed by atoms with van der Waals surface area (Å²) in [7, 11) is 1.56. The van der Waals surface area contributed by atoms with Gasteiger partial charge in [0.2, 0.25) is 0 Å². The molecule has 1 N–H and O–H groups in total. The van der Waals surface area contributed by atoms with Crippen LogP contribution in [-0.2, 0) is 0 Å². The van der Waals surface area contributed by atoms with Gasteiger partial charge in [-0.3, -0.25) is 0 Å². The van der Waals surface area contributed by atoms with E-state index < -0.39 is 6.10 Å². The van der Waals surface area contributed by atoms with Gasteiger partial charge < -0.3 is 14.6 Å². The Morgan fingerprint density at radius 1 is 1.19 bits per heavy atom. The molecule has 110 valence electrons. The summed E-state index contributed by atoms with van der Waals surface area (Å²) in [6.07, 6.45) is 1.78. The van der Waals surface area contributed by atoms with Gasteiger partial charge in [-0.2, -0.15) is 0 Å². The molecule has 1 unspecified atom stereocenters. The smallest absolute Gasteiger partial charge is 0.126 e. The Hall–Kier alpha value is -1.71. The molecular formula is C17H17ClO3. The predicted octanol–water partition coefficient (Wildman–Crippen LogP) is 3.97. The summed E-state index contributed by atoms with van der Waals surface area (Å²) in [4.78, 5) is 0. The molecule has 0 aliphatic heterocycles. The van der Waals surface area contributed by atoms with E-state index >= 15 is 0 Å². The fourth-order valence-corrected chi connectivity index (χ4v) is 2.39. The highest BCUT2D eigenvalue weighted by Crippen LogP contribution is 2.34. The van der Waals surface area contributed by atoms with Gasteiger partial charge in [-0.05, 0) is 42.7 Å². The normalized spacial score (nSPS) is 15.6. The molecule has 0 heterocycles. The minimum absolute atomic E-state index is 0.336. The van der Waals surface area contributed by atoms with Gasteiger partial charge in [-0.15, -0.1) is 0 Å². The largest absolute Gasteiger partial charge is 0.496 e. The number of ether oxygens (including phenoxy) is 2. The number of aliphatic hydroxyl groups excluding tert-OH is 1. The molecule has 0 bridgehead atoms. The predicted molar refractivity (Wildman–Crippen MR) is 82.2 cm³/mol. The van der Waals surface area contributed by atoms with E-state index in [2.05, 4.69) is 0 Å². The first kappa shape index (κ1) is 14.2. The van der Waals surface area contributed by atoms with Gasteiger partial charge in [0.25, 0.3) is 0 Å². The van der Waals surface area contributed by atoms with E-state index in [0.29, 0.717) is 22.4 Å². The molecule has 0 radical (unpaired) electrons. The molecule has 1 aliphatic carbocycles. The lowest BCUT2D eigenvalue weighted by Crippen LogP contribution is -2.03. The molecule has 1 aliphatic rings. The molecule has 2 aromatic rings. The SMILES string of the molecule is COc1cc(Cl)ccc1C(O)c1cccc(OC2CC2)c1. The van der Waals surface area contributed by atoms with Crippen LogP contribution in [-0.4, -0.2) is 18.3 Å². The molecule has 0 aromatic heterocycles. The van der Waals surface area contributed by atoms with Crippen LogP contribution in [0.2, 0.25) is 5.02 Å². The highest BCUT2D eigenvalue weighted by molar-refractivity contribution is 6.30. The van der Waals surface area contributed by atoms with Crippen molar-refractivity contribution in [3.63, 3.8) is 0 Å². The molecule has 3 nitrogen and oxygen atoms in total. The third-order valence-electron chi connectivity index (χ3n) is 3.49. The van der Waals surface area contributed by atoms with Crippen LogP contribution < -0.4 is 9.47 Å². The van der Waals surface area contributed by atoms with E-state index in [0.717, 1.165) is 24.2 Å². The second-order valence-electron chi connectivity index (χ2n) is 5.18. The lowest BCUT2D eigenvalue weighted by Gasteiger charge is -2.16. The van der Waals surface area contributed by atoms with Gasteiger partial charge in [0.1, 0.15) is 17.6 Å². The van der Waals surface area contributed by atoms with Crippen molar-refractivity contribution in [3.05, 3.63) is 58.6 Å². The van der Waals surface area contributed by atoms with Gasteiger partial charge in [0, 0.05) is 10.6 Å². The zero-order valence-electron chi connectivity index (χ0n) is 11.8. The van der Waals surface area contributed by atoms with Crippen LogP contribution >= 0.6 is 11.6 Å². The van der Waals surface area contributed by atoms with Crippen molar-refractivity contribution >= 4 is 11.6 Å². The van der Waals surface area contributed by atoms with Crippen LogP contribution in [0.1, 0.15) is 30.1 Å². The summed E-state index contributed by atoms with van der Waals surface area (Å²) in [6, 6.07) is 12.8. The number of methoxy groups -OCH3 is 1. The molecule has 1 saturated carbocycles. The summed E-state index contributed by atoms with van der Waals surface area (Å²) in [6.45, 7) is 0. The highest BCUT2D eigenvalue weighted by atomic mass is 35.5. The Labute approximate surface area is 129 Å². The lowest BCUT2D eigenvalue weighted by molar-refractivity contribution is 0.213. The number of halogens is 1. The Kier molecular flexibility index (Phi) is 4.04. The first-order chi connectivity index (χ1) is 10.2. The number of rotatable bonds is 5. The Morgan fingerprint density at radius 3 is 2.71 bits per heavy atom. The third kappa shape index (κ3) is 3.31. The van der Waals surface area contributed by atoms with Crippen molar-refractivity contribution in [1.29, 1.82) is 0 Å². The van der Waals surface area contributed by atoms with E-state index in [1.807, 2.05) is 24.3 Å². The second kappa shape index (κ2) is 5.96. The van der Waals surface area contributed by atoms with Crippen LogP contribution in [0.25, 0.3) is 0 Å². The fourth-order valence-electron chi connectivity index (χ4n) is 2.23. The van der Waals surface area contributed by atoms with E-state index in [-0.39, 0.29) is 0 Å². The molecule has 0 spiro atoms. The first-order valence-electron chi connectivity index (χ1n) is 6.95. The van der Waals surface area contributed by atoms with Crippen molar-refractivity contribution in [3.8, 4) is 11.5 Å². The summed E-state index contributed by atoms with van der Waals surface area (Å²) in [5.74, 6) is 1.37. The molecule has 1 atom stereocenters. The number of aliphatic hydroxyl groups is 1. The standard InChI is InChI=1S/C17H17ClO3/c1-20-16-10-12(18)5-8-15(16)17(19)11-3-2-4-14(9-11)21-13-6-7-13/h2-5,8-10,13,17,19H,6-7H2,1H3.